The number of hydrogen-bond donors (Lipinski definition) is 1. The maximum atomic E-state index is 10.0. The van der Waals surface area contributed by atoms with Crippen molar-refractivity contribution in [2.45, 2.75) is 111 Å². The van der Waals surface area contributed by atoms with E-state index in [1.165, 1.54) is 51.4 Å². The molecule has 0 saturated carbocycles. The SMILES string of the molecule is CC[C@](C)(O)CCC[C@@H](C)CCC[C@@H](C)CCCC(C)C. The molecular weight excluding hydrogens is 256 g/mol. The second-order valence-electron chi connectivity index (χ2n) is 8.21. The average Bonchev–Trinajstić information content (AvgIpc) is 2.38. The van der Waals surface area contributed by atoms with Gasteiger partial charge in [-0.1, -0.05) is 86.0 Å². The van der Waals surface area contributed by atoms with Crippen LogP contribution in [-0.2, 0) is 0 Å². The van der Waals surface area contributed by atoms with E-state index in [0.717, 1.165) is 30.6 Å². The molecule has 0 aliphatic heterocycles. The Bertz CT molecular complexity index is 232. The predicted octanol–water partition coefficient (Wildman–Crippen LogP) is 6.59. The Hall–Kier alpha value is -0.0400. The summed E-state index contributed by atoms with van der Waals surface area (Å²) >= 11 is 0. The zero-order valence-corrected chi connectivity index (χ0v) is 15.8. The van der Waals surface area contributed by atoms with Crippen molar-refractivity contribution in [3.63, 3.8) is 0 Å². The molecule has 0 spiro atoms. The van der Waals surface area contributed by atoms with Crippen LogP contribution in [0.5, 0.6) is 0 Å². The van der Waals surface area contributed by atoms with Gasteiger partial charge in [-0.3, -0.25) is 0 Å². The zero-order chi connectivity index (χ0) is 16.3. The molecular formula is C20H42O. The minimum Gasteiger partial charge on any atom is -0.390 e. The lowest BCUT2D eigenvalue weighted by molar-refractivity contribution is 0.0432. The first-order valence-corrected chi connectivity index (χ1v) is 9.49. The summed E-state index contributed by atoms with van der Waals surface area (Å²) in [4.78, 5) is 0. The highest BCUT2D eigenvalue weighted by Crippen LogP contribution is 2.23. The van der Waals surface area contributed by atoms with Crippen LogP contribution in [0.3, 0.4) is 0 Å². The summed E-state index contributed by atoms with van der Waals surface area (Å²) in [6.45, 7) is 13.5. The molecule has 1 heteroatoms. The predicted molar refractivity (Wildman–Crippen MR) is 95.6 cm³/mol. The fourth-order valence-electron chi connectivity index (χ4n) is 2.99. The van der Waals surface area contributed by atoms with E-state index >= 15 is 0 Å². The molecule has 1 N–H and O–H groups in total. The monoisotopic (exact) mass is 298 g/mol. The molecule has 0 aromatic carbocycles. The minimum atomic E-state index is -0.440. The third-order valence-corrected chi connectivity index (χ3v) is 5.05. The molecule has 0 aromatic heterocycles. The first-order valence-electron chi connectivity index (χ1n) is 9.49. The van der Waals surface area contributed by atoms with Crippen LogP contribution in [0.2, 0.25) is 0 Å². The Morgan fingerprint density at radius 1 is 0.762 bits per heavy atom. The highest BCUT2D eigenvalue weighted by atomic mass is 16.3. The smallest absolute Gasteiger partial charge is 0.0617 e. The lowest BCUT2D eigenvalue weighted by Crippen LogP contribution is -2.22. The zero-order valence-electron chi connectivity index (χ0n) is 15.8. The van der Waals surface area contributed by atoms with E-state index in [2.05, 4.69) is 34.6 Å². The van der Waals surface area contributed by atoms with E-state index in [9.17, 15) is 5.11 Å². The van der Waals surface area contributed by atoms with Crippen molar-refractivity contribution < 1.29 is 5.11 Å². The van der Waals surface area contributed by atoms with E-state index in [-0.39, 0.29) is 0 Å². The van der Waals surface area contributed by atoms with E-state index in [1.54, 1.807) is 0 Å². The van der Waals surface area contributed by atoms with Gasteiger partial charge in [-0.2, -0.15) is 0 Å². The summed E-state index contributed by atoms with van der Waals surface area (Å²) in [6, 6.07) is 0. The van der Waals surface area contributed by atoms with Crippen LogP contribution in [0.25, 0.3) is 0 Å². The van der Waals surface area contributed by atoms with Gasteiger partial charge in [0.05, 0.1) is 5.60 Å². The van der Waals surface area contributed by atoms with E-state index < -0.39 is 5.60 Å². The molecule has 0 radical (unpaired) electrons. The van der Waals surface area contributed by atoms with Crippen molar-refractivity contribution in [2.75, 3.05) is 0 Å². The molecule has 21 heavy (non-hydrogen) atoms. The average molecular weight is 299 g/mol. The second-order valence-corrected chi connectivity index (χ2v) is 8.21. The highest BCUT2D eigenvalue weighted by Gasteiger charge is 2.17. The molecule has 3 atom stereocenters. The molecule has 0 aromatic rings. The highest BCUT2D eigenvalue weighted by molar-refractivity contribution is 4.70. The van der Waals surface area contributed by atoms with E-state index in [1.807, 2.05) is 6.92 Å². The van der Waals surface area contributed by atoms with Gasteiger partial charge >= 0.3 is 0 Å². The molecule has 0 amide bonds. The van der Waals surface area contributed by atoms with Crippen LogP contribution in [0, 0.1) is 17.8 Å². The Labute approximate surface area is 134 Å². The summed E-state index contributed by atoms with van der Waals surface area (Å²) in [7, 11) is 0. The summed E-state index contributed by atoms with van der Waals surface area (Å²) < 4.78 is 0. The van der Waals surface area contributed by atoms with Crippen LogP contribution < -0.4 is 0 Å². The summed E-state index contributed by atoms with van der Waals surface area (Å²) in [5.74, 6) is 2.58. The molecule has 0 heterocycles. The van der Waals surface area contributed by atoms with Crippen LogP contribution in [0.15, 0.2) is 0 Å². The molecule has 0 rings (SSSR count). The topological polar surface area (TPSA) is 20.2 Å². The van der Waals surface area contributed by atoms with Crippen molar-refractivity contribution in [3.05, 3.63) is 0 Å². The van der Waals surface area contributed by atoms with Crippen molar-refractivity contribution in [3.8, 4) is 0 Å². The normalized spacial score (nSPS) is 17.7. The fraction of sp³-hybridized carbons (Fsp3) is 1.00. The van der Waals surface area contributed by atoms with Crippen molar-refractivity contribution in [1.29, 1.82) is 0 Å². The summed E-state index contributed by atoms with van der Waals surface area (Å²) in [5, 5.41) is 10.0. The Kier molecular flexibility index (Phi) is 11.5. The van der Waals surface area contributed by atoms with Gasteiger partial charge in [-0.15, -0.1) is 0 Å². The molecule has 128 valence electrons. The molecule has 0 saturated heterocycles. The molecule has 0 unspecified atom stereocenters. The van der Waals surface area contributed by atoms with Crippen molar-refractivity contribution in [2.24, 2.45) is 17.8 Å². The summed E-state index contributed by atoms with van der Waals surface area (Å²) in [6.07, 6.45) is 12.6. The summed E-state index contributed by atoms with van der Waals surface area (Å²) in [5.41, 5.74) is -0.440. The lowest BCUT2D eigenvalue weighted by atomic mass is 9.90. The number of rotatable bonds is 13. The van der Waals surface area contributed by atoms with Crippen LogP contribution in [0.4, 0.5) is 0 Å². The first kappa shape index (κ1) is 21.0. The fourth-order valence-corrected chi connectivity index (χ4v) is 2.99. The third-order valence-electron chi connectivity index (χ3n) is 5.05. The molecule has 0 aliphatic rings. The maximum absolute atomic E-state index is 10.0. The van der Waals surface area contributed by atoms with Gasteiger partial charge in [0, 0.05) is 0 Å². The molecule has 0 aliphatic carbocycles. The van der Waals surface area contributed by atoms with Crippen molar-refractivity contribution >= 4 is 0 Å². The van der Waals surface area contributed by atoms with Crippen LogP contribution in [0.1, 0.15) is 106 Å². The Morgan fingerprint density at radius 3 is 1.62 bits per heavy atom. The van der Waals surface area contributed by atoms with E-state index in [0.29, 0.717) is 0 Å². The van der Waals surface area contributed by atoms with E-state index in [4.69, 9.17) is 0 Å². The van der Waals surface area contributed by atoms with Gasteiger partial charge in [0.2, 0.25) is 0 Å². The van der Waals surface area contributed by atoms with Gasteiger partial charge in [-0.05, 0) is 37.5 Å². The Balaban J connectivity index is 3.54. The van der Waals surface area contributed by atoms with Gasteiger partial charge in [0.1, 0.15) is 0 Å². The molecule has 0 bridgehead atoms. The van der Waals surface area contributed by atoms with Gasteiger partial charge in [0.15, 0.2) is 0 Å². The Morgan fingerprint density at radius 2 is 1.19 bits per heavy atom. The second kappa shape index (κ2) is 11.5. The largest absolute Gasteiger partial charge is 0.390 e. The first-order chi connectivity index (χ1) is 9.76. The third kappa shape index (κ3) is 13.4. The quantitative estimate of drug-likeness (QED) is 0.407. The van der Waals surface area contributed by atoms with Crippen LogP contribution >= 0.6 is 0 Å². The molecule has 0 fully saturated rings. The van der Waals surface area contributed by atoms with Crippen molar-refractivity contribution in [1.82, 2.24) is 0 Å². The molecule has 1 nitrogen and oxygen atoms in total. The van der Waals surface area contributed by atoms with Gasteiger partial charge in [-0.25, -0.2) is 0 Å². The standard InChI is InChI=1S/C20H42O/c1-7-20(6,21)16-10-15-19(5)14-9-13-18(4)12-8-11-17(2)3/h17-19,21H,7-16H2,1-6H3/t18-,19-,20-/m0/s1. The van der Waals surface area contributed by atoms with Gasteiger partial charge in [0.25, 0.3) is 0 Å². The number of aliphatic hydroxyl groups is 1. The maximum Gasteiger partial charge on any atom is 0.0617 e. The minimum absolute atomic E-state index is 0.440. The lowest BCUT2D eigenvalue weighted by Gasteiger charge is -2.22. The van der Waals surface area contributed by atoms with Crippen LogP contribution in [-0.4, -0.2) is 10.7 Å². The number of hydrogen-bond acceptors (Lipinski definition) is 1. The van der Waals surface area contributed by atoms with Gasteiger partial charge < -0.3 is 5.11 Å².